The Kier molecular flexibility index (Phi) is 6.29. The van der Waals surface area contributed by atoms with Crippen molar-refractivity contribution in [3.63, 3.8) is 0 Å². The third-order valence-electron chi connectivity index (χ3n) is 4.00. The summed E-state index contributed by atoms with van der Waals surface area (Å²) in [6.07, 6.45) is 8.33. The van der Waals surface area contributed by atoms with Gasteiger partial charge in [0.2, 0.25) is 0 Å². The van der Waals surface area contributed by atoms with Gasteiger partial charge in [0, 0.05) is 19.1 Å². The molecule has 1 saturated carbocycles. The van der Waals surface area contributed by atoms with Crippen LogP contribution >= 0.6 is 0 Å². The smallest absolute Gasteiger partial charge is 0.0604 e. The van der Waals surface area contributed by atoms with E-state index < -0.39 is 0 Å². The van der Waals surface area contributed by atoms with E-state index in [1.807, 2.05) is 0 Å². The summed E-state index contributed by atoms with van der Waals surface area (Å²) in [5.74, 6) is 4.38. The Hall–Kier alpha value is -1.30. The highest BCUT2D eigenvalue weighted by molar-refractivity contribution is 5.20. The largest absolute Gasteiger partial charge is 0.315 e. The van der Waals surface area contributed by atoms with Gasteiger partial charge in [-0.3, -0.25) is 4.90 Å². The molecule has 2 rings (SSSR count). The fourth-order valence-electron chi connectivity index (χ4n) is 2.69. The SMILES string of the molecule is C#CCN(CC1CC1)C(CNCC(C)C)c1ccccc1. The quantitative estimate of drug-likeness (QED) is 0.700. The van der Waals surface area contributed by atoms with Gasteiger partial charge in [0.15, 0.2) is 0 Å². The molecule has 1 aromatic carbocycles. The predicted octanol–water partition coefficient (Wildman–Crippen LogP) is 3.32. The number of hydrogen-bond donors (Lipinski definition) is 1. The summed E-state index contributed by atoms with van der Waals surface area (Å²) in [4.78, 5) is 2.47. The van der Waals surface area contributed by atoms with Crippen LogP contribution in [0.15, 0.2) is 30.3 Å². The molecule has 1 aliphatic carbocycles. The van der Waals surface area contributed by atoms with Crippen molar-refractivity contribution in [3.8, 4) is 12.3 Å². The van der Waals surface area contributed by atoms with Crippen LogP contribution in [0.2, 0.25) is 0 Å². The molecule has 0 heterocycles. The maximum absolute atomic E-state index is 5.61. The van der Waals surface area contributed by atoms with Crippen molar-refractivity contribution < 1.29 is 0 Å². The van der Waals surface area contributed by atoms with Crippen molar-refractivity contribution in [2.45, 2.75) is 32.7 Å². The van der Waals surface area contributed by atoms with Gasteiger partial charge in [-0.05, 0) is 36.8 Å². The fourth-order valence-corrected chi connectivity index (χ4v) is 2.69. The standard InChI is InChI=1S/C19H28N2/c1-4-12-21(15-17-10-11-17)19(14-20-13-16(2)3)18-8-6-5-7-9-18/h1,5-9,16-17,19-20H,10-15H2,2-3H3. The first-order chi connectivity index (χ1) is 10.2. The Morgan fingerprint density at radius 2 is 1.95 bits per heavy atom. The van der Waals surface area contributed by atoms with Gasteiger partial charge in [0.05, 0.1) is 6.54 Å². The molecule has 0 saturated heterocycles. The van der Waals surface area contributed by atoms with E-state index in [0.717, 1.165) is 32.1 Å². The van der Waals surface area contributed by atoms with Gasteiger partial charge in [-0.25, -0.2) is 0 Å². The van der Waals surface area contributed by atoms with E-state index in [0.29, 0.717) is 12.0 Å². The zero-order chi connectivity index (χ0) is 15.1. The van der Waals surface area contributed by atoms with Crippen LogP contribution in [0.3, 0.4) is 0 Å². The summed E-state index contributed by atoms with van der Waals surface area (Å²) in [6, 6.07) is 11.1. The minimum absolute atomic E-state index is 0.376. The van der Waals surface area contributed by atoms with Gasteiger partial charge in [-0.2, -0.15) is 0 Å². The van der Waals surface area contributed by atoms with Crippen LogP contribution < -0.4 is 5.32 Å². The van der Waals surface area contributed by atoms with Gasteiger partial charge < -0.3 is 5.32 Å². The zero-order valence-electron chi connectivity index (χ0n) is 13.4. The first-order valence-electron chi connectivity index (χ1n) is 8.14. The Balaban J connectivity index is 2.06. The molecule has 1 aromatic rings. The topological polar surface area (TPSA) is 15.3 Å². The highest BCUT2D eigenvalue weighted by Gasteiger charge is 2.28. The summed E-state index contributed by atoms with van der Waals surface area (Å²) in [6.45, 7) is 8.38. The summed E-state index contributed by atoms with van der Waals surface area (Å²) in [7, 11) is 0. The van der Waals surface area contributed by atoms with Crippen LogP contribution in [0.4, 0.5) is 0 Å². The van der Waals surface area contributed by atoms with Crippen LogP contribution in [-0.4, -0.2) is 31.1 Å². The number of benzene rings is 1. The van der Waals surface area contributed by atoms with Crippen LogP contribution in [0.1, 0.15) is 38.3 Å². The molecule has 0 amide bonds. The second-order valence-electron chi connectivity index (χ2n) is 6.56. The molecule has 21 heavy (non-hydrogen) atoms. The molecule has 0 radical (unpaired) electrons. The lowest BCUT2D eigenvalue weighted by Gasteiger charge is -2.31. The minimum atomic E-state index is 0.376. The van der Waals surface area contributed by atoms with Gasteiger partial charge >= 0.3 is 0 Å². The van der Waals surface area contributed by atoms with Crippen LogP contribution in [0.5, 0.6) is 0 Å². The first kappa shape index (κ1) is 16.1. The van der Waals surface area contributed by atoms with E-state index in [9.17, 15) is 0 Å². The lowest BCUT2D eigenvalue weighted by Crippen LogP contribution is -2.38. The number of terminal acetylenes is 1. The van der Waals surface area contributed by atoms with Gasteiger partial charge in [-0.1, -0.05) is 50.1 Å². The van der Waals surface area contributed by atoms with Crippen molar-refractivity contribution in [2.75, 3.05) is 26.2 Å². The molecule has 1 atom stereocenters. The van der Waals surface area contributed by atoms with Crippen molar-refractivity contribution in [3.05, 3.63) is 35.9 Å². The summed E-state index contributed by atoms with van der Waals surface area (Å²) in [5.41, 5.74) is 1.37. The molecule has 114 valence electrons. The molecular formula is C19H28N2. The van der Waals surface area contributed by atoms with Gasteiger partial charge in [0.25, 0.3) is 0 Å². The van der Waals surface area contributed by atoms with Gasteiger partial charge in [-0.15, -0.1) is 6.42 Å². The zero-order valence-corrected chi connectivity index (χ0v) is 13.4. The Morgan fingerprint density at radius 1 is 1.24 bits per heavy atom. The van der Waals surface area contributed by atoms with Crippen LogP contribution in [-0.2, 0) is 0 Å². The molecule has 0 spiro atoms. The Morgan fingerprint density at radius 3 is 2.52 bits per heavy atom. The lowest BCUT2D eigenvalue weighted by atomic mass is 10.0. The second kappa shape index (κ2) is 8.22. The monoisotopic (exact) mass is 284 g/mol. The third kappa shape index (κ3) is 5.53. The van der Waals surface area contributed by atoms with Crippen molar-refractivity contribution in [1.82, 2.24) is 10.2 Å². The Bertz CT molecular complexity index is 442. The molecule has 2 heteroatoms. The fraction of sp³-hybridized carbons (Fsp3) is 0.579. The highest BCUT2D eigenvalue weighted by atomic mass is 15.2. The molecule has 1 unspecified atom stereocenters. The van der Waals surface area contributed by atoms with E-state index in [1.165, 1.54) is 18.4 Å². The first-order valence-corrected chi connectivity index (χ1v) is 8.14. The summed E-state index contributed by atoms with van der Waals surface area (Å²) in [5, 5.41) is 3.61. The van der Waals surface area contributed by atoms with Gasteiger partial charge in [0.1, 0.15) is 0 Å². The number of hydrogen-bond acceptors (Lipinski definition) is 2. The van der Waals surface area contributed by atoms with Crippen LogP contribution in [0, 0.1) is 24.2 Å². The number of nitrogens with zero attached hydrogens (tertiary/aromatic N) is 1. The Labute approximate surface area is 129 Å². The molecule has 0 aromatic heterocycles. The average Bonchev–Trinajstić information content (AvgIpc) is 3.28. The maximum atomic E-state index is 5.61. The highest BCUT2D eigenvalue weighted by Crippen LogP contribution is 2.32. The lowest BCUT2D eigenvalue weighted by molar-refractivity contribution is 0.207. The summed E-state index contributed by atoms with van der Waals surface area (Å²) < 4.78 is 0. The molecule has 1 N–H and O–H groups in total. The molecular weight excluding hydrogens is 256 g/mol. The number of rotatable bonds is 9. The maximum Gasteiger partial charge on any atom is 0.0604 e. The van der Waals surface area contributed by atoms with Crippen molar-refractivity contribution in [2.24, 2.45) is 11.8 Å². The van der Waals surface area contributed by atoms with E-state index in [-0.39, 0.29) is 0 Å². The van der Waals surface area contributed by atoms with E-state index in [1.54, 1.807) is 0 Å². The van der Waals surface area contributed by atoms with E-state index in [4.69, 9.17) is 6.42 Å². The minimum Gasteiger partial charge on any atom is -0.315 e. The molecule has 2 nitrogen and oxygen atoms in total. The molecule has 1 aliphatic rings. The van der Waals surface area contributed by atoms with E-state index in [2.05, 4.69) is 60.3 Å². The normalized spacial score (nSPS) is 16.1. The number of nitrogens with one attached hydrogen (secondary N) is 1. The van der Waals surface area contributed by atoms with Crippen molar-refractivity contribution in [1.29, 1.82) is 0 Å². The molecule has 0 bridgehead atoms. The molecule has 0 aliphatic heterocycles. The second-order valence-corrected chi connectivity index (χ2v) is 6.56. The van der Waals surface area contributed by atoms with Crippen LogP contribution in [0.25, 0.3) is 0 Å². The summed E-state index contributed by atoms with van der Waals surface area (Å²) >= 11 is 0. The predicted molar refractivity (Wildman–Crippen MR) is 90.0 cm³/mol. The van der Waals surface area contributed by atoms with E-state index >= 15 is 0 Å². The van der Waals surface area contributed by atoms with Crippen molar-refractivity contribution >= 4 is 0 Å². The average molecular weight is 284 g/mol. The molecule has 1 fully saturated rings. The third-order valence-corrected chi connectivity index (χ3v) is 4.00.